The fourth-order valence-electron chi connectivity index (χ4n) is 0.820. The predicted molar refractivity (Wildman–Crippen MR) is 63.1 cm³/mol. The van der Waals surface area contributed by atoms with Gasteiger partial charge in [-0.15, -0.1) is 0 Å². The van der Waals surface area contributed by atoms with E-state index in [4.69, 9.17) is 23.2 Å². The fraction of sp³-hybridized carbons (Fsp3) is 0.444. The van der Waals surface area contributed by atoms with Crippen molar-refractivity contribution in [1.82, 2.24) is 0 Å². The van der Waals surface area contributed by atoms with Gasteiger partial charge in [0.15, 0.2) is 0 Å². The summed E-state index contributed by atoms with van der Waals surface area (Å²) in [4.78, 5) is 13.6. The van der Waals surface area contributed by atoms with E-state index in [2.05, 4.69) is 11.6 Å². The third-order valence-electron chi connectivity index (χ3n) is 1.74. The normalized spacial score (nSPS) is 13.5. The van der Waals surface area contributed by atoms with Crippen LogP contribution in [-0.2, 0) is 0 Å². The maximum atomic E-state index is 10.7. The lowest BCUT2D eigenvalue weighted by Crippen LogP contribution is -2.08. The molecule has 0 fully saturated rings. The molecule has 0 amide bonds. The van der Waals surface area contributed by atoms with Gasteiger partial charge in [0, 0.05) is 13.5 Å². The van der Waals surface area contributed by atoms with Gasteiger partial charge in [-0.2, -0.15) is 0 Å². The highest BCUT2D eigenvalue weighted by molar-refractivity contribution is 6.69. The van der Waals surface area contributed by atoms with Crippen LogP contribution in [-0.4, -0.2) is 17.1 Å². The Kier molecular flexibility index (Phi) is 6.20. The molecule has 0 aliphatic carbocycles. The first-order valence-corrected chi connectivity index (χ1v) is 5.01. The van der Waals surface area contributed by atoms with Crippen molar-refractivity contribution in [3.8, 4) is 0 Å². The minimum atomic E-state index is -0.638. The SMILES string of the molecule is C=C(CC)C/C(Cl)=C(\C(Cl)=N/C)[N+](=O)[O-]. The lowest BCUT2D eigenvalue weighted by atomic mass is 10.1. The van der Waals surface area contributed by atoms with Crippen LogP contribution in [0.5, 0.6) is 0 Å². The molecule has 0 unspecified atom stereocenters. The van der Waals surface area contributed by atoms with Crippen LogP contribution >= 0.6 is 23.2 Å². The van der Waals surface area contributed by atoms with Crippen molar-refractivity contribution in [2.75, 3.05) is 7.05 Å². The highest BCUT2D eigenvalue weighted by Gasteiger charge is 2.22. The van der Waals surface area contributed by atoms with Gasteiger partial charge in [0.05, 0.1) is 4.92 Å². The van der Waals surface area contributed by atoms with E-state index in [1.54, 1.807) is 0 Å². The summed E-state index contributed by atoms with van der Waals surface area (Å²) in [5.41, 5.74) is 0.454. The van der Waals surface area contributed by atoms with E-state index in [9.17, 15) is 10.1 Å². The zero-order chi connectivity index (χ0) is 12.0. The van der Waals surface area contributed by atoms with Crippen LogP contribution in [0, 0.1) is 10.1 Å². The first-order chi connectivity index (χ1) is 6.93. The van der Waals surface area contributed by atoms with E-state index in [0.29, 0.717) is 6.42 Å². The summed E-state index contributed by atoms with van der Waals surface area (Å²) in [6.45, 7) is 5.61. The molecule has 0 saturated heterocycles. The first kappa shape index (κ1) is 14.1. The van der Waals surface area contributed by atoms with Crippen LogP contribution < -0.4 is 0 Å². The summed E-state index contributed by atoms with van der Waals surface area (Å²) in [6, 6.07) is 0. The van der Waals surface area contributed by atoms with Crippen LogP contribution in [0.1, 0.15) is 19.8 Å². The largest absolute Gasteiger partial charge is 0.320 e. The highest BCUT2D eigenvalue weighted by atomic mass is 35.5. The maximum absolute atomic E-state index is 10.7. The monoisotopic (exact) mass is 250 g/mol. The molecular weight excluding hydrogens is 239 g/mol. The predicted octanol–water partition coefficient (Wildman–Crippen LogP) is 3.34. The molecule has 0 spiro atoms. The van der Waals surface area contributed by atoms with Gasteiger partial charge in [0.2, 0.25) is 5.17 Å². The van der Waals surface area contributed by atoms with E-state index < -0.39 is 4.92 Å². The van der Waals surface area contributed by atoms with Gasteiger partial charge in [-0.05, 0) is 6.42 Å². The third-order valence-corrected chi connectivity index (χ3v) is 2.40. The van der Waals surface area contributed by atoms with Crippen molar-refractivity contribution in [3.05, 3.63) is 33.0 Å². The molecule has 0 rings (SSSR count). The lowest BCUT2D eigenvalue weighted by molar-refractivity contribution is -0.415. The molecule has 84 valence electrons. The quantitative estimate of drug-likeness (QED) is 0.325. The maximum Gasteiger partial charge on any atom is 0.320 e. The van der Waals surface area contributed by atoms with Crippen molar-refractivity contribution in [2.24, 2.45) is 4.99 Å². The van der Waals surface area contributed by atoms with Crippen LogP contribution in [0.15, 0.2) is 27.9 Å². The topological polar surface area (TPSA) is 55.5 Å². The summed E-state index contributed by atoms with van der Waals surface area (Å²) in [6.07, 6.45) is 0.961. The fourth-order valence-corrected chi connectivity index (χ4v) is 1.40. The Balaban J connectivity index is 5.11. The van der Waals surface area contributed by atoms with E-state index in [-0.39, 0.29) is 22.3 Å². The summed E-state index contributed by atoms with van der Waals surface area (Å²) >= 11 is 11.4. The number of nitro groups is 1. The van der Waals surface area contributed by atoms with Crippen LogP contribution in [0.2, 0.25) is 0 Å². The first-order valence-electron chi connectivity index (χ1n) is 4.26. The van der Waals surface area contributed by atoms with E-state index in [1.165, 1.54) is 7.05 Å². The second kappa shape index (κ2) is 6.58. The smallest absolute Gasteiger partial charge is 0.271 e. The van der Waals surface area contributed by atoms with Gasteiger partial charge in [-0.3, -0.25) is 15.1 Å². The van der Waals surface area contributed by atoms with Gasteiger partial charge in [0.1, 0.15) is 5.03 Å². The van der Waals surface area contributed by atoms with Crippen molar-refractivity contribution in [2.45, 2.75) is 19.8 Å². The molecule has 0 aromatic heterocycles. The van der Waals surface area contributed by atoms with Gasteiger partial charge in [0.25, 0.3) is 0 Å². The summed E-state index contributed by atoms with van der Waals surface area (Å²) in [5, 5.41) is 10.5. The van der Waals surface area contributed by atoms with Crippen molar-refractivity contribution < 1.29 is 4.92 Å². The minimum Gasteiger partial charge on any atom is -0.271 e. The molecule has 15 heavy (non-hydrogen) atoms. The van der Waals surface area contributed by atoms with Crippen LogP contribution in [0.4, 0.5) is 0 Å². The zero-order valence-electron chi connectivity index (χ0n) is 8.59. The summed E-state index contributed by atoms with van der Waals surface area (Å²) < 4.78 is 0. The van der Waals surface area contributed by atoms with Gasteiger partial charge >= 0.3 is 5.70 Å². The number of allylic oxidation sites excluding steroid dienone is 3. The van der Waals surface area contributed by atoms with Gasteiger partial charge < -0.3 is 0 Å². The lowest BCUT2D eigenvalue weighted by Gasteiger charge is -2.02. The molecule has 0 heterocycles. The molecule has 4 nitrogen and oxygen atoms in total. The molecule has 0 aliphatic rings. The second-order valence-corrected chi connectivity index (χ2v) is 3.62. The Bertz CT molecular complexity index is 335. The van der Waals surface area contributed by atoms with E-state index >= 15 is 0 Å². The molecule has 0 bridgehead atoms. The average Bonchev–Trinajstić information content (AvgIpc) is 2.16. The molecule has 0 aliphatic heterocycles. The van der Waals surface area contributed by atoms with Crippen LogP contribution in [0.25, 0.3) is 0 Å². The second-order valence-electron chi connectivity index (χ2n) is 2.81. The Morgan fingerprint density at radius 2 is 2.07 bits per heavy atom. The molecule has 6 heteroatoms. The van der Waals surface area contributed by atoms with Crippen molar-refractivity contribution in [3.63, 3.8) is 0 Å². The molecule has 0 aromatic carbocycles. The molecular formula is C9H12Cl2N2O2. The van der Waals surface area contributed by atoms with E-state index in [1.807, 2.05) is 6.92 Å². The Labute approximate surface area is 98.4 Å². The zero-order valence-corrected chi connectivity index (χ0v) is 10.1. The minimum absolute atomic E-state index is 0.0578. The van der Waals surface area contributed by atoms with Crippen molar-refractivity contribution >= 4 is 28.4 Å². The van der Waals surface area contributed by atoms with Gasteiger partial charge in [-0.1, -0.05) is 42.3 Å². The van der Waals surface area contributed by atoms with Crippen molar-refractivity contribution in [1.29, 1.82) is 0 Å². The number of halogens is 2. The molecule has 0 saturated carbocycles. The molecule has 0 radical (unpaired) electrons. The molecule has 0 aromatic rings. The third kappa shape index (κ3) is 4.44. The number of hydrogen-bond donors (Lipinski definition) is 0. The number of nitrogens with zero attached hydrogens (tertiary/aromatic N) is 2. The molecule has 0 atom stereocenters. The Hall–Kier alpha value is -0.870. The Morgan fingerprint density at radius 3 is 2.40 bits per heavy atom. The average molecular weight is 251 g/mol. The summed E-state index contributed by atoms with van der Waals surface area (Å²) in [5.74, 6) is 0. The summed E-state index contributed by atoms with van der Waals surface area (Å²) in [7, 11) is 1.37. The number of hydrogen-bond acceptors (Lipinski definition) is 3. The Morgan fingerprint density at radius 1 is 1.53 bits per heavy atom. The van der Waals surface area contributed by atoms with E-state index in [0.717, 1.165) is 5.57 Å². The van der Waals surface area contributed by atoms with Gasteiger partial charge in [-0.25, -0.2) is 0 Å². The number of rotatable bonds is 5. The molecule has 0 N–H and O–H groups in total. The van der Waals surface area contributed by atoms with Crippen LogP contribution in [0.3, 0.4) is 0 Å². The highest BCUT2D eigenvalue weighted by Crippen LogP contribution is 2.22. The number of aliphatic imine (C=N–C) groups is 1. The standard InChI is InChI=1S/C9H12Cl2N2O2/c1-4-6(2)5-7(10)8(13(14)15)9(11)12-3/h2,4-5H2,1,3H3/b8-7-,12-9+.